The number of amides is 1. The lowest BCUT2D eigenvalue weighted by Gasteiger charge is -2.52. The van der Waals surface area contributed by atoms with Crippen molar-refractivity contribution < 1.29 is 18.7 Å². The van der Waals surface area contributed by atoms with Crippen LogP contribution in [-0.2, 0) is 4.74 Å². The molecule has 4 rings (SSSR count). The third-order valence-electron chi connectivity index (χ3n) is 4.50. The zero-order chi connectivity index (χ0) is 17.3. The molecule has 2 aliphatic rings. The Bertz CT molecular complexity index is 767. The summed E-state index contributed by atoms with van der Waals surface area (Å²) in [5.74, 6) is -0.606. The number of hydrogen-bond acceptors (Lipinski definition) is 6. The van der Waals surface area contributed by atoms with E-state index in [1.807, 2.05) is 0 Å². The van der Waals surface area contributed by atoms with Crippen LogP contribution in [0.15, 0.2) is 36.9 Å². The summed E-state index contributed by atoms with van der Waals surface area (Å²) in [5, 5.41) is 0. The van der Waals surface area contributed by atoms with Gasteiger partial charge in [0.2, 0.25) is 0 Å². The fraction of sp³-hybridized carbons (Fsp3) is 0.412. The molecule has 2 aromatic heterocycles. The summed E-state index contributed by atoms with van der Waals surface area (Å²) in [4.78, 5) is 25.8. The van der Waals surface area contributed by atoms with Crippen LogP contribution in [-0.4, -0.2) is 57.2 Å². The highest BCUT2D eigenvalue weighted by atomic mass is 19.1. The largest absolute Gasteiger partial charge is 0.472 e. The van der Waals surface area contributed by atoms with Crippen molar-refractivity contribution in [2.45, 2.75) is 24.5 Å². The molecule has 1 atom stereocenters. The van der Waals surface area contributed by atoms with Gasteiger partial charge in [-0.25, -0.2) is 19.3 Å². The highest BCUT2D eigenvalue weighted by Gasteiger charge is 2.50. The molecule has 1 spiro atoms. The Hall–Kier alpha value is -2.61. The molecule has 130 valence electrons. The Morgan fingerprint density at radius 3 is 2.96 bits per heavy atom. The SMILES string of the molecule is O=C(c1ccncn1)N1CC2(C[C@H](Oc3ncccc3F)CCO2)C1. The molecule has 7 nitrogen and oxygen atoms in total. The molecule has 4 heterocycles. The van der Waals surface area contributed by atoms with Gasteiger partial charge in [0.1, 0.15) is 23.7 Å². The Balaban J connectivity index is 1.38. The van der Waals surface area contributed by atoms with Crippen LogP contribution in [0.25, 0.3) is 0 Å². The van der Waals surface area contributed by atoms with Gasteiger partial charge < -0.3 is 14.4 Å². The zero-order valence-electron chi connectivity index (χ0n) is 13.5. The number of nitrogens with zero attached hydrogens (tertiary/aromatic N) is 4. The second kappa shape index (κ2) is 6.36. The van der Waals surface area contributed by atoms with Crippen molar-refractivity contribution in [2.75, 3.05) is 19.7 Å². The molecule has 8 heteroatoms. The zero-order valence-corrected chi connectivity index (χ0v) is 13.5. The van der Waals surface area contributed by atoms with E-state index >= 15 is 0 Å². The summed E-state index contributed by atoms with van der Waals surface area (Å²) in [5.41, 5.74) is -0.0688. The smallest absolute Gasteiger partial charge is 0.272 e. The summed E-state index contributed by atoms with van der Waals surface area (Å²) in [7, 11) is 0. The topological polar surface area (TPSA) is 77.4 Å². The summed E-state index contributed by atoms with van der Waals surface area (Å²) in [6, 6.07) is 4.43. The summed E-state index contributed by atoms with van der Waals surface area (Å²) >= 11 is 0. The van der Waals surface area contributed by atoms with Gasteiger partial charge in [-0.1, -0.05) is 0 Å². The van der Waals surface area contributed by atoms with Crippen molar-refractivity contribution >= 4 is 5.91 Å². The predicted octanol–water partition coefficient (Wildman–Crippen LogP) is 1.46. The van der Waals surface area contributed by atoms with E-state index in [0.717, 1.165) is 0 Å². The standard InChI is InChI=1S/C17H17FN4O3/c18-13-2-1-5-20-15(13)25-12-4-7-24-17(8-12)9-22(10-17)16(23)14-3-6-19-11-21-14/h1-3,5-6,11-12H,4,7-10H2/t12-/m1/s1. The second-order valence-corrected chi connectivity index (χ2v) is 6.31. The molecule has 2 fully saturated rings. The maximum Gasteiger partial charge on any atom is 0.272 e. The number of carbonyl (C=O) groups is 1. The van der Waals surface area contributed by atoms with Gasteiger partial charge in [0.15, 0.2) is 5.82 Å². The first kappa shape index (κ1) is 15.9. The summed E-state index contributed by atoms with van der Waals surface area (Å²) in [6.07, 6.45) is 5.46. The minimum Gasteiger partial charge on any atom is -0.472 e. The molecule has 2 aliphatic heterocycles. The highest BCUT2D eigenvalue weighted by Crippen LogP contribution is 2.36. The Kier molecular flexibility index (Phi) is 4.04. The maximum absolute atomic E-state index is 13.7. The fourth-order valence-corrected chi connectivity index (χ4v) is 3.29. The third kappa shape index (κ3) is 3.17. The molecule has 0 bridgehead atoms. The number of carbonyl (C=O) groups excluding carboxylic acids is 1. The van der Waals surface area contributed by atoms with Crippen LogP contribution in [0.4, 0.5) is 4.39 Å². The van der Waals surface area contributed by atoms with Crippen LogP contribution in [0.2, 0.25) is 0 Å². The van der Waals surface area contributed by atoms with Gasteiger partial charge >= 0.3 is 0 Å². The van der Waals surface area contributed by atoms with Gasteiger partial charge in [0.25, 0.3) is 11.8 Å². The Morgan fingerprint density at radius 1 is 1.32 bits per heavy atom. The van der Waals surface area contributed by atoms with Gasteiger partial charge in [-0.2, -0.15) is 0 Å². The molecule has 2 aromatic rings. The molecular formula is C17H17FN4O3. The van der Waals surface area contributed by atoms with E-state index in [4.69, 9.17) is 9.47 Å². The van der Waals surface area contributed by atoms with Gasteiger partial charge in [0, 0.05) is 25.2 Å². The number of likely N-dealkylation sites (tertiary alicyclic amines) is 1. The van der Waals surface area contributed by atoms with Crippen molar-refractivity contribution in [3.8, 4) is 5.88 Å². The molecule has 25 heavy (non-hydrogen) atoms. The van der Waals surface area contributed by atoms with Crippen LogP contribution in [0.1, 0.15) is 23.3 Å². The molecule has 0 aliphatic carbocycles. The number of halogens is 1. The lowest BCUT2D eigenvalue weighted by atomic mass is 9.84. The molecular weight excluding hydrogens is 327 g/mol. The number of rotatable bonds is 3. The van der Waals surface area contributed by atoms with Crippen LogP contribution in [0.5, 0.6) is 5.88 Å². The minimum absolute atomic E-state index is 0.0118. The van der Waals surface area contributed by atoms with E-state index in [0.29, 0.717) is 38.2 Å². The van der Waals surface area contributed by atoms with Gasteiger partial charge in [0.05, 0.1) is 19.7 Å². The molecule has 0 aromatic carbocycles. The molecule has 0 radical (unpaired) electrons. The first-order valence-corrected chi connectivity index (χ1v) is 8.12. The minimum atomic E-state index is -0.475. The van der Waals surface area contributed by atoms with E-state index in [2.05, 4.69) is 15.0 Å². The average Bonchev–Trinajstić information content (AvgIpc) is 2.62. The second-order valence-electron chi connectivity index (χ2n) is 6.31. The maximum atomic E-state index is 13.7. The lowest BCUT2D eigenvalue weighted by Crippen LogP contribution is -2.67. The molecule has 0 saturated carbocycles. The number of aromatic nitrogens is 3. The third-order valence-corrected chi connectivity index (χ3v) is 4.50. The van der Waals surface area contributed by atoms with Crippen molar-refractivity contribution in [1.82, 2.24) is 19.9 Å². The van der Waals surface area contributed by atoms with Gasteiger partial charge in [-0.15, -0.1) is 0 Å². The number of hydrogen-bond donors (Lipinski definition) is 0. The number of pyridine rings is 1. The van der Waals surface area contributed by atoms with Crippen molar-refractivity contribution in [1.29, 1.82) is 0 Å². The normalized spacial score (nSPS) is 21.6. The van der Waals surface area contributed by atoms with E-state index < -0.39 is 11.4 Å². The van der Waals surface area contributed by atoms with Gasteiger partial charge in [-0.05, 0) is 18.2 Å². The molecule has 1 amide bonds. The van der Waals surface area contributed by atoms with Gasteiger partial charge in [-0.3, -0.25) is 4.79 Å². The summed E-state index contributed by atoms with van der Waals surface area (Å²) < 4.78 is 25.3. The average molecular weight is 344 g/mol. The fourth-order valence-electron chi connectivity index (χ4n) is 3.29. The van der Waals surface area contributed by atoms with Crippen molar-refractivity contribution in [2.24, 2.45) is 0 Å². The highest BCUT2D eigenvalue weighted by molar-refractivity contribution is 5.92. The quantitative estimate of drug-likeness (QED) is 0.839. The Morgan fingerprint density at radius 2 is 2.20 bits per heavy atom. The first-order chi connectivity index (χ1) is 12.2. The lowest BCUT2D eigenvalue weighted by molar-refractivity contribution is -0.174. The number of ether oxygens (including phenoxy) is 2. The van der Waals surface area contributed by atoms with Crippen LogP contribution in [0.3, 0.4) is 0 Å². The van der Waals surface area contributed by atoms with E-state index in [1.54, 1.807) is 11.0 Å². The first-order valence-electron chi connectivity index (χ1n) is 8.12. The monoisotopic (exact) mass is 344 g/mol. The van der Waals surface area contributed by atoms with Crippen molar-refractivity contribution in [3.63, 3.8) is 0 Å². The van der Waals surface area contributed by atoms with Crippen molar-refractivity contribution in [3.05, 3.63) is 48.4 Å². The molecule has 2 saturated heterocycles. The van der Waals surface area contributed by atoms with E-state index in [1.165, 1.54) is 30.9 Å². The van der Waals surface area contributed by atoms with Crippen LogP contribution < -0.4 is 4.74 Å². The van der Waals surface area contributed by atoms with E-state index in [9.17, 15) is 9.18 Å². The molecule has 0 N–H and O–H groups in total. The van der Waals surface area contributed by atoms with Crippen LogP contribution >= 0.6 is 0 Å². The predicted molar refractivity (Wildman–Crippen MR) is 84.5 cm³/mol. The summed E-state index contributed by atoms with van der Waals surface area (Å²) in [6.45, 7) is 1.45. The van der Waals surface area contributed by atoms with E-state index in [-0.39, 0.29) is 17.9 Å². The van der Waals surface area contributed by atoms with Crippen LogP contribution in [0, 0.1) is 5.82 Å². The Labute approximate surface area is 143 Å². The molecule has 0 unspecified atom stereocenters.